The fourth-order valence-electron chi connectivity index (χ4n) is 4.45. The molecule has 1 aromatic carbocycles. The molecule has 168 valence electrons. The molecule has 4 aromatic rings. The van der Waals surface area contributed by atoms with E-state index in [9.17, 15) is 9.59 Å². The lowest BCUT2D eigenvalue weighted by atomic mass is 10.2. The van der Waals surface area contributed by atoms with Crippen LogP contribution in [-0.4, -0.2) is 66.0 Å². The number of aryl methyl sites for hydroxylation is 2. The first kappa shape index (κ1) is 21.0. The van der Waals surface area contributed by atoms with E-state index in [0.29, 0.717) is 16.9 Å². The first-order chi connectivity index (χ1) is 15.4. The molecule has 0 atom stereocenters. The molecule has 9 nitrogen and oxygen atoms in total. The molecule has 1 N–H and O–H groups in total. The van der Waals surface area contributed by atoms with Crippen molar-refractivity contribution in [3.63, 3.8) is 0 Å². The molecule has 0 unspecified atom stereocenters. The third-order valence-corrected chi connectivity index (χ3v) is 6.59. The lowest BCUT2D eigenvalue weighted by Gasteiger charge is -2.34. The van der Waals surface area contributed by atoms with Gasteiger partial charge in [0.05, 0.1) is 0 Å². The van der Waals surface area contributed by atoms with Crippen molar-refractivity contribution in [2.75, 3.05) is 32.7 Å². The topological polar surface area (TPSA) is 83.6 Å². The first-order valence-electron chi connectivity index (χ1n) is 10.8. The highest BCUT2D eigenvalue weighted by molar-refractivity contribution is 6.30. The van der Waals surface area contributed by atoms with Gasteiger partial charge in [0.15, 0.2) is 11.2 Å². The van der Waals surface area contributed by atoms with Crippen LogP contribution < -0.4 is 11.2 Å². The van der Waals surface area contributed by atoms with Crippen LogP contribution in [0.5, 0.6) is 0 Å². The van der Waals surface area contributed by atoms with E-state index in [2.05, 4.69) is 36.5 Å². The van der Waals surface area contributed by atoms with Crippen molar-refractivity contribution in [1.82, 2.24) is 33.3 Å². The van der Waals surface area contributed by atoms with Gasteiger partial charge in [0.1, 0.15) is 0 Å². The summed E-state index contributed by atoms with van der Waals surface area (Å²) in [5, 5.41) is 0.769. The molecule has 5 rings (SSSR count). The van der Waals surface area contributed by atoms with Crippen molar-refractivity contribution in [1.29, 1.82) is 0 Å². The van der Waals surface area contributed by atoms with Crippen LogP contribution >= 0.6 is 11.6 Å². The van der Waals surface area contributed by atoms with Crippen molar-refractivity contribution in [3.05, 3.63) is 67.6 Å². The Labute approximate surface area is 189 Å². The summed E-state index contributed by atoms with van der Waals surface area (Å²) in [6.45, 7) is 8.69. The number of hydrogen-bond acceptors (Lipinski definition) is 5. The number of hydrogen-bond donors (Lipinski definition) is 1. The zero-order valence-corrected chi connectivity index (χ0v) is 19.0. The van der Waals surface area contributed by atoms with Gasteiger partial charge in [-0.15, -0.1) is 0 Å². The van der Waals surface area contributed by atoms with Gasteiger partial charge >= 0.3 is 5.69 Å². The summed E-state index contributed by atoms with van der Waals surface area (Å²) in [5.74, 6) is 0.686. The number of benzene rings is 1. The fraction of sp³-hybridized carbons (Fsp3) is 0.409. The van der Waals surface area contributed by atoms with E-state index in [-0.39, 0.29) is 0 Å². The summed E-state index contributed by atoms with van der Waals surface area (Å²) in [5.41, 5.74) is 2.25. The van der Waals surface area contributed by atoms with Crippen molar-refractivity contribution in [2.45, 2.75) is 20.0 Å². The van der Waals surface area contributed by atoms with E-state index >= 15 is 0 Å². The molecule has 0 amide bonds. The van der Waals surface area contributed by atoms with Crippen LogP contribution in [0, 0.1) is 6.92 Å². The Morgan fingerprint density at radius 2 is 1.72 bits per heavy atom. The van der Waals surface area contributed by atoms with Crippen LogP contribution in [0.25, 0.3) is 16.9 Å². The summed E-state index contributed by atoms with van der Waals surface area (Å²) in [6, 6.07) is 8.06. The summed E-state index contributed by atoms with van der Waals surface area (Å²) in [7, 11) is 1.62. The van der Waals surface area contributed by atoms with E-state index < -0.39 is 11.2 Å². The van der Waals surface area contributed by atoms with Crippen LogP contribution in [0.1, 0.15) is 11.3 Å². The molecule has 0 radical (unpaired) electrons. The van der Waals surface area contributed by atoms with Crippen molar-refractivity contribution in [3.8, 4) is 0 Å². The number of H-pyrrole nitrogens is 1. The summed E-state index contributed by atoms with van der Waals surface area (Å²) >= 11 is 5.98. The maximum atomic E-state index is 12.4. The lowest BCUT2D eigenvalue weighted by molar-refractivity contribution is 0.124. The van der Waals surface area contributed by atoms with Crippen LogP contribution in [-0.2, 0) is 20.1 Å². The molecule has 1 fully saturated rings. The third-order valence-electron chi connectivity index (χ3n) is 6.34. The van der Waals surface area contributed by atoms with Crippen LogP contribution in [0.15, 0.2) is 40.1 Å². The minimum Gasteiger partial charge on any atom is -0.313 e. The van der Waals surface area contributed by atoms with Crippen LogP contribution in [0.3, 0.4) is 0 Å². The first-order valence-corrected chi connectivity index (χ1v) is 11.1. The number of fused-ring (bicyclic) bond motifs is 3. The Bertz CT molecular complexity index is 1390. The zero-order chi connectivity index (χ0) is 22.4. The number of nitrogens with zero attached hydrogens (tertiary/aromatic N) is 6. The van der Waals surface area contributed by atoms with Crippen molar-refractivity contribution < 1.29 is 0 Å². The van der Waals surface area contributed by atoms with Gasteiger partial charge in [-0.3, -0.25) is 28.5 Å². The number of imidazole rings is 2. The lowest BCUT2D eigenvalue weighted by Crippen LogP contribution is -2.46. The van der Waals surface area contributed by atoms with Crippen molar-refractivity contribution >= 4 is 28.5 Å². The van der Waals surface area contributed by atoms with E-state index in [0.717, 1.165) is 56.5 Å². The second-order valence-corrected chi connectivity index (χ2v) is 8.88. The quantitative estimate of drug-likeness (QED) is 0.492. The van der Waals surface area contributed by atoms with E-state index in [4.69, 9.17) is 11.6 Å². The fourth-order valence-corrected chi connectivity index (χ4v) is 4.58. The highest BCUT2D eigenvalue weighted by Gasteiger charge is 2.20. The van der Waals surface area contributed by atoms with Gasteiger partial charge in [0.2, 0.25) is 5.78 Å². The monoisotopic (exact) mass is 455 g/mol. The number of nitrogens with one attached hydrogen (secondary N) is 1. The summed E-state index contributed by atoms with van der Waals surface area (Å²) in [4.78, 5) is 36.2. The molecule has 1 aliphatic rings. The number of halogens is 1. The van der Waals surface area contributed by atoms with Gasteiger partial charge in [-0.05, 0) is 24.6 Å². The molecule has 10 heteroatoms. The Kier molecular flexibility index (Phi) is 5.40. The maximum absolute atomic E-state index is 12.4. The van der Waals surface area contributed by atoms with Crippen LogP contribution in [0.2, 0.25) is 5.02 Å². The Morgan fingerprint density at radius 3 is 2.44 bits per heavy atom. The van der Waals surface area contributed by atoms with Gasteiger partial charge in [-0.1, -0.05) is 23.7 Å². The Morgan fingerprint density at radius 1 is 1.03 bits per heavy atom. The summed E-state index contributed by atoms with van der Waals surface area (Å²) in [6.07, 6.45) is 1.91. The number of piperazine rings is 1. The Hall–Kier alpha value is -2.88. The Balaban J connectivity index is 1.27. The summed E-state index contributed by atoms with van der Waals surface area (Å²) < 4.78 is 5.28. The van der Waals surface area contributed by atoms with E-state index in [1.807, 2.05) is 25.3 Å². The number of aromatic nitrogens is 5. The van der Waals surface area contributed by atoms with Gasteiger partial charge in [-0.2, -0.15) is 4.98 Å². The minimum absolute atomic E-state index is 0.401. The standard InChI is InChI=1S/C22H26ClN7O2/c1-15-13-30-18-19(26(2)22(32)25-20(18)31)24-21(30)29(15)12-11-27-7-9-28(10-8-27)14-16-3-5-17(23)6-4-16/h3-6,13H,7-12,14H2,1-2H3,(H,25,31,32). The van der Waals surface area contributed by atoms with Gasteiger partial charge in [-0.25, -0.2) is 4.79 Å². The molecule has 0 bridgehead atoms. The number of aromatic amines is 1. The molecule has 4 heterocycles. The van der Waals surface area contributed by atoms with Gasteiger partial charge < -0.3 is 4.57 Å². The molecular weight excluding hydrogens is 430 g/mol. The average Bonchev–Trinajstić information content (AvgIpc) is 3.28. The normalized spacial score (nSPS) is 15.8. The minimum atomic E-state index is -0.456. The van der Waals surface area contributed by atoms with Gasteiger partial charge in [0.25, 0.3) is 5.56 Å². The highest BCUT2D eigenvalue weighted by atomic mass is 35.5. The molecule has 3 aromatic heterocycles. The molecule has 0 spiro atoms. The highest BCUT2D eigenvalue weighted by Crippen LogP contribution is 2.17. The average molecular weight is 456 g/mol. The SMILES string of the molecule is Cc1cn2c3c(=O)[nH]c(=O)n(C)c3nc2n1CCN1CCN(Cc2ccc(Cl)cc2)CC1. The smallest absolute Gasteiger partial charge is 0.313 e. The molecule has 0 saturated carbocycles. The van der Waals surface area contributed by atoms with Gasteiger partial charge in [0, 0.05) is 69.8 Å². The predicted octanol–water partition coefficient (Wildman–Crippen LogP) is 1.46. The molecule has 1 saturated heterocycles. The predicted molar refractivity (Wildman–Crippen MR) is 124 cm³/mol. The third kappa shape index (κ3) is 3.76. The van der Waals surface area contributed by atoms with Crippen molar-refractivity contribution in [2.24, 2.45) is 7.05 Å². The molecular formula is C22H26ClN7O2. The number of rotatable bonds is 5. The van der Waals surface area contributed by atoms with E-state index in [1.54, 1.807) is 11.4 Å². The largest absolute Gasteiger partial charge is 0.329 e. The second-order valence-electron chi connectivity index (χ2n) is 8.44. The molecule has 32 heavy (non-hydrogen) atoms. The maximum Gasteiger partial charge on any atom is 0.329 e. The zero-order valence-electron chi connectivity index (χ0n) is 18.2. The molecule has 0 aliphatic carbocycles. The van der Waals surface area contributed by atoms with E-state index in [1.165, 1.54) is 10.1 Å². The second kappa shape index (κ2) is 8.23. The van der Waals surface area contributed by atoms with Crippen LogP contribution in [0.4, 0.5) is 0 Å². The molecule has 1 aliphatic heterocycles.